The number of aliphatic hydroxyl groups excluding tert-OH is 1. The molecule has 8 nitrogen and oxygen atoms in total. The first-order chi connectivity index (χ1) is 37.1. The number of alkyl halides is 1. The molecule has 20 atom stereocenters. The molecule has 3 aliphatic heterocycles. The van der Waals surface area contributed by atoms with Gasteiger partial charge in [0.2, 0.25) is 0 Å². The van der Waals surface area contributed by atoms with E-state index < -0.39 is 6.17 Å². The first-order valence-electron chi connectivity index (χ1n) is 32.9. The van der Waals surface area contributed by atoms with E-state index in [4.69, 9.17) is 28.4 Å². The Morgan fingerprint density at radius 2 is 0.846 bits per heavy atom. The molecular formula is C69H105FO8. The second kappa shape index (κ2) is 19.8. The van der Waals surface area contributed by atoms with E-state index in [-0.39, 0.29) is 45.6 Å². The van der Waals surface area contributed by atoms with Gasteiger partial charge in [0.25, 0.3) is 0 Å². The average Bonchev–Trinajstić information content (AvgIpc) is 4.37. The zero-order chi connectivity index (χ0) is 54.5. The van der Waals surface area contributed by atoms with Crippen LogP contribution in [0.25, 0.3) is 0 Å². The second-order valence-electron chi connectivity index (χ2n) is 31.4. The predicted molar refractivity (Wildman–Crippen MR) is 302 cm³/mol. The van der Waals surface area contributed by atoms with E-state index in [0.29, 0.717) is 45.7 Å². The number of rotatable bonds is 2. The predicted octanol–water partition coefficient (Wildman–Crippen LogP) is 15.3. The topological polar surface area (TPSA) is 92.7 Å². The smallest absolute Gasteiger partial charge is 0.172 e. The molecule has 10 unspecified atom stereocenters. The third-order valence-corrected chi connectivity index (χ3v) is 28.4. The lowest BCUT2D eigenvalue weighted by Gasteiger charge is -2.61. The van der Waals surface area contributed by atoms with Gasteiger partial charge >= 0.3 is 0 Å². The Morgan fingerprint density at radius 1 is 0.487 bits per heavy atom. The van der Waals surface area contributed by atoms with Crippen LogP contribution in [0.15, 0.2) is 34.9 Å². The first-order valence-corrected chi connectivity index (χ1v) is 32.9. The number of halogens is 1. The monoisotopic (exact) mass is 1080 g/mol. The fraction of sp³-hybridized carbons (Fsp3) is 0.899. The second-order valence-corrected chi connectivity index (χ2v) is 31.4. The van der Waals surface area contributed by atoms with Crippen LogP contribution in [0, 0.1) is 104 Å². The van der Waals surface area contributed by atoms with Gasteiger partial charge in [0.05, 0.1) is 45.7 Å². The van der Waals surface area contributed by atoms with E-state index >= 15 is 4.39 Å². The molecule has 12 fully saturated rings. The molecule has 0 aromatic carbocycles. The highest BCUT2D eigenvalue weighted by molar-refractivity contribution is 5.79. The zero-order valence-electron chi connectivity index (χ0n) is 50.2. The number of fused-ring (bicyclic) bond motifs is 15. The molecule has 0 radical (unpaired) electrons. The highest BCUT2D eigenvalue weighted by Crippen LogP contribution is 2.71. The van der Waals surface area contributed by atoms with Crippen molar-refractivity contribution >= 4 is 5.78 Å². The Kier molecular flexibility index (Phi) is 14.2. The fourth-order valence-corrected chi connectivity index (χ4v) is 24.0. The number of allylic oxidation sites excluding steroid dienone is 3. The Labute approximate surface area is 470 Å². The molecule has 3 heterocycles. The lowest BCUT2D eigenvalue weighted by Crippen LogP contribution is -2.56. The average molecular weight is 1080 g/mol. The maximum Gasteiger partial charge on any atom is 0.172 e. The molecule has 436 valence electrons. The van der Waals surface area contributed by atoms with E-state index in [1.807, 2.05) is 13.8 Å². The zero-order valence-corrected chi connectivity index (χ0v) is 50.2. The van der Waals surface area contributed by atoms with Gasteiger partial charge in [-0.2, -0.15) is 0 Å². The lowest BCUT2D eigenvalue weighted by molar-refractivity contribution is -0.188. The van der Waals surface area contributed by atoms with Crippen LogP contribution in [0.5, 0.6) is 0 Å². The van der Waals surface area contributed by atoms with E-state index in [2.05, 4.69) is 66.7 Å². The molecule has 0 amide bonds. The third-order valence-electron chi connectivity index (χ3n) is 28.4. The van der Waals surface area contributed by atoms with Crippen molar-refractivity contribution in [2.45, 2.75) is 246 Å². The summed E-state index contributed by atoms with van der Waals surface area (Å²) in [6, 6.07) is 0. The Hall–Kier alpha value is -1.46. The van der Waals surface area contributed by atoms with Crippen molar-refractivity contribution in [1.82, 2.24) is 0 Å². The number of Topliss-reactive ketones (excluding diaryl/α,β-unsaturated/α-hetero) is 1. The molecule has 3 saturated heterocycles. The Morgan fingerprint density at radius 3 is 1.26 bits per heavy atom. The summed E-state index contributed by atoms with van der Waals surface area (Å²) in [6.07, 6.45) is 34.8. The van der Waals surface area contributed by atoms with Gasteiger partial charge in [-0.3, -0.25) is 4.79 Å². The summed E-state index contributed by atoms with van der Waals surface area (Å²) < 4.78 is 51.5. The van der Waals surface area contributed by atoms with Gasteiger partial charge in [0, 0.05) is 49.9 Å². The van der Waals surface area contributed by atoms with E-state index in [1.165, 1.54) is 89.9 Å². The number of hydrogen-bond donors (Lipinski definition) is 1. The summed E-state index contributed by atoms with van der Waals surface area (Å²) in [5.74, 6) is 7.21. The number of carbonyl (C=O) groups excluding carboxylic acids is 1. The molecule has 0 aromatic heterocycles. The van der Waals surface area contributed by atoms with Crippen LogP contribution in [0.1, 0.15) is 216 Å². The van der Waals surface area contributed by atoms with Crippen LogP contribution in [-0.2, 0) is 33.2 Å². The van der Waals surface area contributed by atoms with Crippen LogP contribution < -0.4 is 0 Å². The summed E-state index contributed by atoms with van der Waals surface area (Å²) >= 11 is 0. The van der Waals surface area contributed by atoms with Crippen LogP contribution >= 0.6 is 0 Å². The quantitative estimate of drug-likeness (QED) is 0.274. The van der Waals surface area contributed by atoms with E-state index in [0.717, 1.165) is 145 Å². The minimum Gasteiger partial charge on any atom is -0.393 e. The van der Waals surface area contributed by atoms with Crippen molar-refractivity contribution in [3.63, 3.8) is 0 Å². The summed E-state index contributed by atoms with van der Waals surface area (Å²) in [4.78, 5) is 12.3. The molecular weight excluding hydrogens is 976 g/mol. The van der Waals surface area contributed by atoms with Crippen molar-refractivity contribution in [1.29, 1.82) is 0 Å². The van der Waals surface area contributed by atoms with Gasteiger partial charge in [0.15, 0.2) is 17.4 Å². The van der Waals surface area contributed by atoms with E-state index in [1.54, 1.807) is 16.7 Å². The van der Waals surface area contributed by atoms with Crippen LogP contribution in [0.2, 0.25) is 0 Å². The SMILES string of the molecule is CC(=O)[C@H]1CCC2C3CC=C4CC5(CC[C@]4(C)C3CC[C@@]21C)OCCO5.CC(O)[C@H]1CCC2C3CC=C4CC5(CC[C@]4(C)C3CC[C@@]21C)OCCO5.C[C@@H]1CCC2C3CC=C4CC5(CC[C@]4(C)C3CC[C@]2(C)[C@H]1F)OCCO5. The van der Waals surface area contributed by atoms with Crippen LogP contribution in [0.3, 0.4) is 0 Å². The van der Waals surface area contributed by atoms with Gasteiger partial charge in [0.1, 0.15) is 12.0 Å². The van der Waals surface area contributed by atoms with Gasteiger partial charge in [-0.25, -0.2) is 4.39 Å². The Bertz CT molecular complexity index is 2370. The van der Waals surface area contributed by atoms with E-state index in [9.17, 15) is 9.90 Å². The lowest BCUT2D eigenvalue weighted by atomic mass is 9.44. The Balaban J connectivity index is 0.000000111. The largest absolute Gasteiger partial charge is 0.393 e. The van der Waals surface area contributed by atoms with Crippen molar-refractivity contribution < 1.29 is 42.7 Å². The molecule has 1 N–H and O–H groups in total. The molecule has 0 bridgehead atoms. The highest BCUT2D eigenvalue weighted by atomic mass is 19.1. The minimum absolute atomic E-state index is 0.0892. The minimum atomic E-state index is -0.615. The molecule has 12 aliphatic carbocycles. The summed E-state index contributed by atoms with van der Waals surface area (Å²) in [5, 5.41) is 10.4. The normalized spacial score (nSPS) is 50.9. The van der Waals surface area contributed by atoms with Crippen molar-refractivity contribution in [2.75, 3.05) is 39.6 Å². The third kappa shape index (κ3) is 8.52. The van der Waals surface area contributed by atoms with Gasteiger partial charge in [-0.15, -0.1) is 0 Å². The standard InChI is InChI=1S/C23H35FO2.C23H36O3.C23H34O3/c1-15-4-7-18-17-6-5-16-14-23(25-12-13-26-23)11-10-21(16,2)19(17)8-9-22(18,3)20(15)24;2*1-15(24)18-6-7-19-17-5-4-16-14-23(25-12-13-26-23)11-10-21(16,2)20(17)8-9-22(18,19)3/h5,15,17-20H,4,6-14H2,1-3H3;4,15,17-20,24H,5-14H2,1-3H3;4,17-20H,5-14H2,1-3H3/t15-,17?,18?,19?,20+,21+,22+;15?,17?,18-,19?,20?,21+,22-;17?,18-,19?,20?,21+,22-/m111/s1. The first kappa shape index (κ1) is 55.7. The molecule has 9 saturated carbocycles. The molecule has 9 heteroatoms. The van der Waals surface area contributed by atoms with Gasteiger partial charge in [-0.05, 0) is 222 Å². The summed E-state index contributed by atoms with van der Waals surface area (Å²) in [5.41, 5.74) is 6.27. The molecule has 3 spiro atoms. The molecule has 15 rings (SSSR count). The maximum atomic E-state index is 15.2. The maximum absolute atomic E-state index is 15.2. The summed E-state index contributed by atoms with van der Waals surface area (Å²) in [6.45, 7) is 25.3. The highest BCUT2D eigenvalue weighted by Gasteiger charge is 2.64. The van der Waals surface area contributed by atoms with Gasteiger partial charge in [-0.1, -0.05) is 83.4 Å². The van der Waals surface area contributed by atoms with Gasteiger partial charge < -0.3 is 33.5 Å². The number of aliphatic hydroxyl groups is 1. The molecule has 78 heavy (non-hydrogen) atoms. The van der Waals surface area contributed by atoms with Crippen molar-refractivity contribution in [3.8, 4) is 0 Å². The number of hydrogen-bond acceptors (Lipinski definition) is 8. The number of carbonyl (C=O) groups is 1. The number of ether oxygens (including phenoxy) is 6. The van der Waals surface area contributed by atoms with Crippen molar-refractivity contribution in [3.05, 3.63) is 34.9 Å². The van der Waals surface area contributed by atoms with Crippen LogP contribution in [0.4, 0.5) is 4.39 Å². The molecule has 0 aromatic rings. The number of ketones is 1. The summed E-state index contributed by atoms with van der Waals surface area (Å²) in [7, 11) is 0. The van der Waals surface area contributed by atoms with Crippen molar-refractivity contribution in [2.24, 2.45) is 104 Å². The fourth-order valence-electron chi connectivity index (χ4n) is 24.0. The van der Waals surface area contributed by atoms with Crippen LogP contribution in [-0.4, -0.2) is 80.2 Å². The molecule has 15 aliphatic rings.